The lowest BCUT2D eigenvalue weighted by Gasteiger charge is -2.14. The topological polar surface area (TPSA) is 65.1 Å². The SMILES string of the molecule is COc1ccc(CN2C(=O)/C(=C/c3ccc(OC(=O)c4ccccc4)c(OC)c3)SC2=S)cc1. The van der Waals surface area contributed by atoms with E-state index >= 15 is 0 Å². The van der Waals surface area contributed by atoms with Gasteiger partial charge >= 0.3 is 5.97 Å². The van der Waals surface area contributed by atoms with Gasteiger partial charge in [-0.2, -0.15) is 0 Å². The van der Waals surface area contributed by atoms with E-state index in [4.69, 9.17) is 26.4 Å². The fraction of sp³-hybridized carbons (Fsp3) is 0.115. The van der Waals surface area contributed by atoms with Crippen molar-refractivity contribution >= 4 is 46.3 Å². The second-order valence-corrected chi connectivity index (χ2v) is 8.96. The number of esters is 1. The van der Waals surface area contributed by atoms with Crippen molar-refractivity contribution in [2.75, 3.05) is 14.2 Å². The highest BCUT2D eigenvalue weighted by atomic mass is 32.2. The molecular formula is C26H21NO5S2. The molecule has 0 aromatic heterocycles. The Bertz CT molecular complexity index is 1260. The summed E-state index contributed by atoms with van der Waals surface area (Å²) in [5.41, 5.74) is 2.11. The van der Waals surface area contributed by atoms with Gasteiger partial charge in [0.1, 0.15) is 10.1 Å². The van der Waals surface area contributed by atoms with Crippen LogP contribution in [0.15, 0.2) is 77.7 Å². The number of ether oxygens (including phenoxy) is 3. The summed E-state index contributed by atoms with van der Waals surface area (Å²) in [4.78, 5) is 27.5. The Morgan fingerprint density at radius 1 is 0.971 bits per heavy atom. The molecule has 1 aliphatic rings. The fourth-order valence-electron chi connectivity index (χ4n) is 3.29. The molecule has 3 aromatic carbocycles. The molecule has 0 bridgehead atoms. The normalized spacial score (nSPS) is 14.4. The first-order valence-electron chi connectivity index (χ1n) is 10.3. The predicted molar refractivity (Wildman–Crippen MR) is 136 cm³/mol. The van der Waals surface area contributed by atoms with Crippen molar-refractivity contribution in [3.8, 4) is 17.2 Å². The summed E-state index contributed by atoms with van der Waals surface area (Å²) in [7, 11) is 3.10. The van der Waals surface area contributed by atoms with E-state index in [2.05, 4.69) is 0 Å². The van der Waals surface area contributed by atoms with E-state index in [1.165, 1.54) is 18.9 Å². The van der Waals surface area contributed by atoms with E-state index in [1.807, 2.05) is 30.3 Å². The van der Waals surface area contributed by atoms with Gasteiger partial charge in [-0.05, 0) is 53.6 Å². The minimum Gasteiger partial charge on any atom is -0.497 e. The quantitative estimate of drug-likeness (QED) is 0.192. The number of nitrogens with zero attached hydrogens (tertiary/aromatic N) is 1. The standard InChI is InChI=1S/C26H21NO5S2/c1-30-20-11-8-17(9-12-20)16-27-24(28)23(34-26(27)33)15-18-10-13-21(22(14-18)31-2)32-25(29)19-6-4-3-5-7-19/h3-15H,16H2,1-2H3/b23-15-. The Balaban J connectivity index is 1.50. The molecule has 0 radical (unpaired) electrons. The lowest BCUT2D eigenvalue weighted by atomic mass is 10.1. The van der Waals surface area contributed by atoms with E-state index < -0.39 is 5.97 Å². The maximum atomic E-state index is 13.0. The lowest BCUT2D eigenvalue weighted by Crippen LogP contribution is -2.27. The number of carbonyl (C=O) groups excluding carboxylic acids is 2. The van der Waals surface area contributed by atoms with Crippen LogP contribution in [0, 0.1) is 0 Å². The molecule has 4 rings (SSSR count). The summed E-state index contributed by atoms with van der Waals surface area (Å²) in [5.74, 6) is 0.781. The Hall–Kier alpha value is -3.62. The number of hydrogen-bond donors (Lipinski definition) is 0. The predicted octanol–water partition coefficient (Wildman–Crippen LogP) is 5.32. The number of rotatable bonds is 7. The van der Waals surface area contributed by atoms with Crippen LogP contribution in [-0.2, 0) is 11.3 Å². The van der Waals surface area contributed by atoms with Crippen molar-refractivity contribution in [3.63, 3.8) is 0 Å². The lowest BCUT2D eigenvalue weighted by molar-refractivity contribution is -0.122. The van der Waals surface area contributed by atoms with Crippen molar-refractivity contribution in [1.29, 1.82) is 0 Å². The first-order chi connectivity index (χ1) is 16.5. The molecule has 0 aliphatic carbocycles. The highest BCUT2D eigenvalue weighted by Crippen LogP contribution is 2.35. The van der Waals surface area contributed by atoms with Crippen molar-refractivity contribution in [2.24, 2.45) is 0 Å². The summed E-state index contributed by atoms with van der Waals surface area (Å²) in [6, 6.07) is 21.3. The molecule has 8 heteroatoms. The van der Waals surface area contributed by atoms with Crippen LogP contribution in [-0.4, -0.2) is 35.3 Å². The summed E-state index contributed by atoms with van der Waals surface area (Å²) in [6.07, 6.45) is 1.75. The van der Waals surface area contributed by atoms with Crippen LogP contribution >= 0.6 is 24.0 Å². The zero-order valence-electron chi connectivity index (χ0n) is 18.5. The highest BCUT2D eigenvalue weighted by molar-refractivity contribution is 8.26. The average Bonchev–Trinajstić information content (AvgIpc) is 3.13. The van der Waals surface area contributed by atoms with Gasteiger partial charge in [0.05, 0.1) is 31.2 Å². The first kappa shape index (κ1) is 23.5. The Kier molecular flexibility index (Phi) is 7.30. The van der Waals surface area contributed by atoms with E-state index in [-0.39, 0.29) is 5.91 Å². The molecule has 1 saturated heterocycles. The third-order valence-electron chi connectivity index (χ3n) is 5.07. The Morgan fingerprint density at radius 3 is 2.38 bits per heavy atom. The average molecular weight is 492 g/mol. The molecular weight excluding hydrogens is 470 g/mol. The van der Waals surface area contributed by atoms with Crippen LogP contribution in [0.3, 0.4) is 0 Å². The molecule has 1 amide bonds. The number of thioether (sulfide) groups is 1. The van der Waals surface area contributed by atoms with E-state index in [0.717, 1.165) is 16.9 Å². The first-order valence-corrected chi connectivity index (χ1v) is 11.5. The molecule has 0 spiro atoms. The van der Waals surface area contributed by atoms with Gasteiger partial charge in [0, 0.05) is 0 Å². The van der Waals surface area contributed by atoms with Gasteiger partial charge in [-0.3, -0.25) is 9.69 Å². The number of benzene rings is 3. The zero-order valence-corrected chi connectivity index (χ0v) is 20.2. The zero-order chi connectivity index (χ0) is 24.1. The summed E-state index contributed by atoms with van der Waals surface area (Å²) in [6.45, 7) is 0.379. The van der Waals surface area contributed by atoms with Crippen LogP contribution in [0.2, 0.25) is 0 Å². The third-order valence-corrected chi connectivity index (χ3v) is 6.45. The number of carbonyl (C=O) groups is 2. The Morgan fingerprint density at radius 2 is 1.71 bits per heavy atom. The molecule has 6 nitrogen and oxygen atoms in total. The molecule has 172 valence electrons. The minimum absolute atomic E-state index is 0.163. The van der Waals surface area contributed by atoms with Crippen LogP contribution in [0.25, 0.3) is 6.08 Å². The van der Waals surface area contributed by atoms with Crippen LogP contribution in [0.4, 0.5) is 0 Å². The maximum absolute atomic E-state index is 13.0. The highest BCUT2D eigenvalue weighted by Gasteiger charge is 2.32. The summed E-state index contributed by atoms with van der Waals surface area (Å²) < 4.78 is 16.6. The molecule has 0 N–H and O–H groups in total. The van der Waals surface area contributed by atoms with Crippen LogP contribution in [0.5, 0.6) is 17.2 Å². The molecule has 0 atom stereocenters. The van der Waals surface area contributed by atoms with Crippen molar-refractivity contribution in [1.82, 2.24) is 4.90 Å². The van der Waals surface area contributed by atoms with E-state index in [9.17, 15) is 9.59 Å². The molecule has 3 aromatic rings. The van der Waals surface area contributed by atoms with Gasteiger partial charge in [-0.1, -0.05) is 60.4 Å². The minimum atomic E-state index is -0.481. The molecule has 1 heterocycles. The molecule has 1 fully saturated rings. The monoisotopic (exact) mass is 491 g/mol. The number of hydrogen-bond acceptors (Lipinski definition) is 7. The molecule has 1 aliphatic heterocycles. The largest absolute Gasteiger partial charge is 0.497 e. The van der Waals surface area contributed by atoms with Gasteiger partial charge in [0.15, 0.2) is 11.5 Å². The van der Waals surface area contributed by atoms with E-state index in [1.54, 1.807) is 60.6 Å². The maximum Gasteiger partial charge on any atom is 0.343 e. The van der Waals surface area contributed by atoms with Crippen molar-refractivity contribution in [2.45, 2.75) is 6.54 Å². The van der Waals surface area contributed by atoms with E-state index in [0.29, 0.717) is 32.8 Å². The second-order valence-electron chi connectivity index (χ2n) is 7.28. The van der Waals surface area contributed by atoms with Gasteiger partial charge in [-0.25, -0.2) is 4.79 Å². The number of amides is 1. The third kappa shape index (κ3) is 5.30. The molecule has 0 saturated carbocycles. The van der Waals surface area contributed by atoms with Gasteiger partial charge < -0.3 is 14.2 Å². The molecule has 0 unspecified atom stereocenters. The Labute approximate surface area is 207 Å². The van der Waals surface area contributed by atoms with Crippen LogP contribution < -0.4 is 14.2 Å². The fourth-order valence-corrected chi connectivity index (χ4v) is 4.55. The summed E-state index contributed by atoms with van der Waals surface area (Å²) in [5, 5.41) is 0. The molecule has 34 heavy (non-hydrogen) atoms. The van der Waals surface area contributed by atoms with Gasteiger partial charge in [-0.15, -0.1) is 0 Å². The number of thiocarbonyl (C=S) groups is 1. The van der Waals surface area contributed by atoms with Crippen molar-refractivity contribution in [3.05, 3.63) is 94.4 Å². The second kappa shape index (κ2) is 10.5. The van der Waals surface area contributed by atoms with Gasteiger partial charge in [0.25, 0.3) is 5.91 Å². The summed E-state index contributed by atoms with van der Waals surface area (Å²) >= 11 is 6.69. The van der Waals surface area contributed by atoms with Crippen molar-refractivity contribution < 1.29 is 23.8 Å². The smallest absolute Gasteiger partial charge is 0.343 e. The van der Waals surface area contributed by atoms with Crippen LogP contribution in [0.1, 0.15) is 21.5 Å². The van der Waals surface area contributed by atoms with Gasteiger partial charge in [0.2, 0.25) is 0 Å². The number of methoxy groups -OCH3 is 2.